The van der Waals surface area contributed by atoms with Crippen LogP contribution in [0.4, 0.5) is 11.4 Å². The summed E-state index contributed by atoms with van der Waals surface area (Å²) < 4.78 is 24.9. The highest BCUT2D eigenvalue weighted by molar-refractivity contribution is 7.92. The first-order chi connectivity index (χ1) is 10.3. The second kappa shape index (κ2) is 6.19. The van der Waals surface area contributed by atoms with Gasteiger partial charge in [0.25, 0.3) is 5.91 Å². The lowest BCUT2D eigenvalue weighted by atomic mass is 10.1. The van der Waals surface area contributed by atoms with Gasteiger partial charge in [-0.2, -0.15) is 0 Å². The van der Waals surface area contributed by atoms with Crippen LogP contribution in [-0.2, 0) is 10.0 Å². The highest BCUT2D eigenvalue weighted by Gasteiger charge is 2.11. The Kier molecular flexibility index (Phi) is 4.51. The van der Waals surface area contributed by atoms with Gasteiger partial charge in [-0.15, -0.1) is 0 Å². The number of rotatable bonds is 4. The van der Waals surface area contributed by atoms with Gasteiger partial charge < -0.3 is 5.32 Å². The average Bonchev–Trinajstić information content (AvgIpc) is 2.42. The maximum absolute atomic E-state index is 12.3. The lowest BCUT2D eigenvalue weighted by Crippen LogP contribution is -2.14. The number of nitrogens with one attached hydrogen (secondary N) is 2. The van der Waals surface area contributed by atoms with Crippen molar-refractivity contribution in [1.29, 1.82) is 0 Å². The summed E-state index contributed by atoms with van der Waals surface area (Å²) >= 11 is 0. The molecule has 0 spiro atoms. The molecule has 2 aromatic rings. The van der Waals surface area contributed by atoms with E-state index in [0.29, 0.717) is 16.8 Å². The number of hydrogen-bond acceptors (Lipinski definition) is 3. The van der Waals surface area contributed by atoms with Crippen LogP contribution < -0.4 is 10.0 Å². The summed E-state index contributed by atoms with van der Waals surface area (Å²) in [6.45, 7) is 3.66. The SMILES string of the molecule is Cc1ccccc1NC(=O)c1ccc(NS(C)(=O)=O)c(C)c1. The van der Waals surface area contributed by atoms with Crippen LogP contribution in [0, 0.1) is 13.8 Å². The van der Waals surface area contributed by atoms with E-state index >= 15 is 0 Å². The van der Waals surface area contributed by atoms with Crippen molar-refractivity contribution in [3.63, 3.8) is 0 Å². The van der Waals surface area contributed by atoms with Gasteiger partial charge in [0.1, 0.15) is 0 Å². The van der Waals surface area contributed by atoms with E-state index in [2.05, 4.69) is 10.0 Å². The summed E-state index contributed by atoms with van der Waals surface area (Å²) in [5.41, 5.74) is 3.35. The Morgan fingerprint density at radius 2 is 1.64 bits per heavy atom. The lowest BCUT2D eigenvalue weighted by Gasteiger charge is -2.11. The Bertz CT molecular complexity index is 814. The van der Waals surface area contributed by atoms with Gasteiger partial charge in [-0.3, -0.25) is 9.52 Å². The molecule has 0 atom stereocenters. The number of benzene rings is 2. The fourth-order valence-corrected chi connectivity index (χ4v) is 2.66. The zero-order chi connectivity index (χ0) is 16.3. The van der Waals surface area contributed by atoms with Crippen LogP contribution in [0.5, 0.6) is 0 Å². The fraction of sp³-hybridized carbons (Fsp3) is 0.188. The predicted octanol–water partition coefficient (Wildman–Crippen LogP) is 2.93. The molecule has 1 amide bonds. The molecule has 6 heteroatoms. The minimum absolute atomic E-state index is 0.233. The van der Waals surface area contributed by atoms with E-state index in [1.807, 2.05) is 31.2 Å². The third-order valence-corrected chi connectivity index (χ3v) is 3.77. The molecule has 0 aromatic heterocycles. The van der Waals surface area contributed by atoms with Crippen molar-refractivity contribution in [3.05, 3.63) is 59.2 Å². The molecule has 0 unspecified atom stereocenters. The van der Waals surface area contributed by atoms with Crippen molar-refractivity contribution < 1.29 is 13.2 Å². The average molecular weight is 318 g/mol. The van der Waals surface area contributed by atoms with Crippen molar-refractivity contribution >= 4 is 27.3 Å². The fourth-order valence-electron chi connectivity index (χ4n) is 2.03. The van der Waals surface area contributed by atoms with Gasteiger partial charge in [0.2, 0.25) is 10.0 Å². The van der Waals surface area contributed by atoms with Gasteiger partial charge in [-0.25, -0.2) is 8.42 Å². The first-order valence-electron chi connectivity index (χ1n) is 6.72. The Morgan fingerprint density at radius 3 is 2.23 bits per heavy atom. The van der Waals surface area contributed by atoms with E-state index in [9.17, 15) is 13.2 Å². The Morgan fingerprint density at radius 1 is 0.955 bits per heavy atom. The summed E-state index contributed by atoms with van der Waals surface area (Å²) in [7, 11) is -3.34. The summed E-state index contributed by atoms with van der Waals surface area (Å²) in [5, 5.41) is 2.84. The molecule has 0 heterocycles. The van der Waals surface area contributed by atoms with Crippen molar-refractivity contribution in [2.75, 3.05) is 16.3 Å². The zero-order valence-electron chi connectivity index (χ0n) is 12.7. The smallest absolute Gasteiger partial charge is 0.255 e. The molecule has 0 radical (unpaired) electrons. The van der Waals surface area contributed by atoms with E-state index in [4.69, 9.17) is 0 Å². The molecule has 0 saturated heterocycles. The molecule has 116 valence electrons. The third kappa shape index (κ3) is 4.08. The summed E-state index contributed by atoms with van der Waals surface area (Å²) in [6.07, 6.45) is 1.09. The number of hydrogen-bond donors (Lipinski definition) is 2. The number of carbonyl (C=O) groups is 1. The first kappa shape index (κ1) is 16.0. The molecule has 2 rings (SSSR count). The minimum atomic E-state index is -3.34. The van der Waals surface area contributed by atoms with Crippen molar-refractivity contribution in [2.45, 2.75) is 13.8 Å². The molecule has 0 aliphatic carbocycles. The van der Waals surface area contributed by atoms with Gasteiger partial charge in [0.15, 0.2) is 0 Å². The zero-order valence-corrected chi connectivity index (χ0v) is 13.5. The maximum atomic E-state index is 12.3. The minimum Gasteiger partial charge on any atom is -0.322 e. The van der Waals surface area contributed by atoms with Crippen LogP contribution in [0.25, 0.3) is 0 Å². The normalized spacial score (nSPS) is 11.0. The third-order valence-electron chi connectivity index (χ3n) is 3.18. The van der Waals surface area contributed by atoms with Crippen LogP contribution in [0.2, 0.25) is 0 Å². The van der Waals surface area contributed by atoms with Gasteiger partial charge in [-0.05, 0) is 49.2 Å². The van der Waals surface area contributed by atoms with Crippen LogP contribution in [-0.4, -0.2) is 20.6 Å². The number of para-hydroxylation sites is 1. The second-order valence-electron chi connectivity index (χ2n) is 5.17. The van der Waals surface area contributed by atoms with Gasteiger partial charge in [0, 0.05) is 11.3 Å². The Hall–Kier alpha value is -2.34. The molecule has 0 bridgehead atoms. The first-order valence-corrected chi connectivity index (χ1v) is 8.61. The molecular weight excluding hydrogens is 300 g/mol. The molecule has 2 aromatic carbocycles. The molecule has 2 N–H and O–H groups in total. The highest BCUT2D eigenvalue weighted by Crippen LogP contribution is 2.19. The van der Waals surface area contributed by atoms with Crippen molar-refractivity contribution in [1.82, 2.24) is 0 Å². The molecule has 22 heavy (non-hydrogen) atoms. The molecule has 0 aliphatic heterocycles. The molecule has 0 aliphatic rings. The largest absolute Gasteiger partial charge is 0.322 e. The highest BCUT2D eigenvalue weighted by atomic mass is 32.2. The lowest BCUT2D eigenvalue weighted by molar-refractivity contribution is 0.102. The Labute approximate surface area is 130 Å². The van der Waals surface area contributed by atoms with Crippen LogP contribution in [0.1, 0.15) is 21.5 Å². The van der Waals surface area contributed by atoms with E-state index in [1.54, 1.807) is 25.1 Å². The van der Waals surface area contributed by atoms with Crippen molar-refractivity contribution in [3.8, 4) is 0 Å². The topological polar surface area (TPSA) is 75.3 Å². The maximum Gasteiger partial charge on any atom is 0.255 e. The number of anilines is 2. The molecule has 5 nitrogen and oxygen atoms in total. The van der Waals surface area contributed by atoms with E-state index in [1.165, 1.54) is 0 Å². The van der Waals surface area contributed by atoms with E-state index in [0.717, 1.165) is 17.5 Å². The van der Waals surface area contributed by atoms with Gasteiger partial charge >= 0.3 is 0 Å². The number of amides is 1. The van der Waals surface area contributed by atoms with Gasteiger partial charge in [0.05, 0.1) is 11.9 Å². The van der Waals surface area contributed by atoms with E-state index in [-0.39, 0.29) is 5.91 Å². The summed E-state index contributed by atoms with van der Waals surface area (Å²) in [5.74, 6) is -0.233. The van der Waals surface area contributed by atoms with Crippen LogP contribution in [0.3, 0.4) is 0 Å². The molecule has 0 fully saturated rings. The molecule has 0 saturated carbocycles. The van der Waals surface area contributed by atoms with Crippen LogP contribution >= 0.6 is 0 Å². The predicted molar refractivity (Wildman–Crippen MR) is 88.8 cm³/mol. The number of carbonyl (C=O) groups excluding carboxylic acids is 1. The molecular formula is C16H18N2O3S. The monoisotopic (exact) mass is 318 g/mol. The standard InChI is InChI=1S/C16H18N2O3S/c1-11-6-4-5-7-14(11)17-16(19)13-8-9-15(12(2)10-13)18-22(3,20)21/h4-10,18H,1-3H3,(H,17,19). The van der Waals surface area contributed by atoms with E-state index < -0.39 is 10.0 Å². The summed E-state index contributed by atoms with van der Waals surface area (Å²) in [6, 6.07) is 12.3. The second-order valence-corrected chi connectivity index (χ2v) is 6.92. The van der Waals surface area contributed by atoms with Crippen molar-refractivity contribution in [2.24, 2.45) is 0 Å². The Balaban J connectivity index is 2.21. The quantitative estimate of drug-likeness (QED) is 0.910. The van der Waals surface area contributed by atoms with Crippen LogP contribution in [0.15, 0.2) is 42.5 Å². The van der Waals surface area contributed by atoms with Gasteiger partial charge in [-0.1, -0.05) is 18.2 Å². The number of sulfonamides is 1. The summed E-state index contributed by atoms with van der Waals surface area (Å²) in [4.78, 5) is 12.3. The number of aryl methyl sites for hydroxylation is 2.